The molecule has 0 aliphatic carbocycles. The van der Waals surface area contributed by atoms with Gasteiger partial charge in [0, 0.05) is 53.1 Å². The molecular formula is C37H24N2S. The third-order valence-corrected chi connectivity index (χ3v) is 9.51. The van der Waals surface area contributed by atoms with Crippen LogP contribution in [-0.2, 0) is 0 Å². The lowest BCUT2D eigenvalue weighted by atomic mass is 10.1. The molecule has 0 aliphatic rings. The van der Waals surface area contributed by atoms with Crippen LogP contribution in [0.15, 0.2) is 127 Å². The van der Waals surface area contributed by atoms with Crippen LogP contribution in [0.5, 0.6) is 0 Å². The number of fused-ring (bicyclic) bond motifs is 9. The van der Waals surface area contributed by atoms with E-state index in [9.17, 15) is 0 Å². The van der Waals surface area contributed by atoms with Crippen LogP contribution < -0.4 is 0 Å². The van der Waals surface area contributed by atoms with Gasteiger partial charge in [-0.15, -0.1) is 11.3 Å². The number of aromatic nitrogens is 2. The molecule has 3 heteroatoms. The summed E-state index contributed by atoms with van der Waals surface area (Å²) in [6.45, 7) is 2.18. The molecule has 3 heterocycles. The Kier molecular flexibility index (Phi) is 4.44. The molecule has 0 spiro atoms. The number of nitrogens with zero attached hydrogens (tertiary/aromatic N) is 2. The molecule has 0 bridgehead atoms. The van der Waals surface area contributed by atoms with Gasteiger partial charge >= 0.3 is 0 Å². The summed E-state index contributed by atoms with van der Waals surface area (Å²) in [7, 11) is 0. The number of thiophene rings is 1. The Morgan fingerprint density at radius 1 is 0.400 bits per heavy atom. The minimum atomic E-state index is 1.18. The zero-order valence-corrected chi connectivity index (χ0v) is 22.7. The van der Waals surface area contributed by atoms with Crippen LogP contribution in [0.1, 0.15) is 5.56 Å². The minimum absolute atomic E-state index is 1.18. The fourth-order valence-corrected chi connectivity index (χ4v) is 7.66. The summed E-state index contributed by atoms with van der Waals surface area (Å²) in [5.41, 5.74) is 8.60. The molecule has 0 aliphatic heterocycles. The van der Waals surface area contributed by atoms with Crippen LogP contribution in [0.2, 0.25) is 0 Å². The van der Waals surface area contributed by atoms with Gasteiger partial charge in [0.05, 0.1) is 22.1 Å². The Morgan fingerprint density at radius 2 is 0.850 bits per heavy atom. The highest BCUT2D eigenvalue weighted by molar-refractivity contribution is 7.25. The summed E-state index contributed by atoms with van der Waals surface area (Å²) >= 11 is 1.87. The number of benzene rings is 6. The van der Waals surface area contributed by atoms with Gasteiger partial charge in [-0.3, -0.25) is 0 Å². The molecule has 0 fully saturated rings. The first-order valence-corrected chi connectivity index (χ1v) is 14.5. The number of aryl methyl sites for hydroxylation is 1. The molecular weight excluding hydrogens is 504 g/mol. The van der Waals surface area contributed by atoms with Crippen molar-refractivity contribution in [2.75, 3.05) is 0 Å². The van der Waals surface area contributed by atoms with Crippen molar-refractivity contribution < 1.29 is 0 Å². The molecule has 40 heavy (non-hydrogen) atoms. The van der Waals surface area contributed by atoms with Crippen molar-refractivity contribution in [1.29, 1.82) is 0 Å². The van der Waals surface area contributed by atoms with Gasteiger partial charge < -0.3 is 9.13 Å². The van der Waals surface area contributed by atoms with Crippen molar-refractivity contribution in [1.82, 2.24) is 9.13 Å². The highest BCUT2D eigenvalue weighted by Crippen LogP contribution is 2.39. The van der Waals surface area contributed by atoms with E-state index in [0.29, 0.717) is 0 Å². The second-order valence-electron chi connectivity index (χ2n) is 10.7. The first kappa shape index (κ1) is 22.0. The summed E-state index contributed by atoms with van der Waals surface area (Å²) in [6, 6.07) is 46.9. The van der Waals surface area contributed by atoms with Crippen LogP contribution in [0.25, 0.3) is 75.2 Å². The minimum Gasteiger partial charge on any atom is -0.309 e. The Bertz CT molecular complexity index is 2400. The lowest BCUT2D eigenvalue weighted by Gasteiger charge is -2.10. The molecule has 0 unspecified atom stereocenters. The normalized spacial score (nSPS) is 12.1. The number of hydrogen-bond donors (Lipinski definition) is 0. The summed E-state index contributed by atoms with van der Waals surface area (Å²) in [5.74, 6) is 0. The number of para-hydroxylation sites is 3. The van der Waals surface area contributed by atoms with Gasteiger partial charge in [-0.05, 0) is 73.7 Å². The molecule has 3 aromatic heterocycles. The van der Waals surface area contributed by atoms with Gasteiger partial charge in [0.15, 0.2) is 0 Å². The largest absolute Gasteiger partial charge is 0.309 e. The Hall–Kier alpha value is -4.86. The zero-order chi connectivity index (χ0) is 26.4. The smallest absolute Gasteiger partial charge is 0.0542 e. The van der Waals surface area contributed by atoms with E-state index in [1.54, 1.807) is 0 Å². The van der Waals surface area contributed by atoms with Crippen molar-refractivity contribution in [3.05, 3.63) is 133 Å². The maximum Gasteiger partial charge on any atom is 0.0542 e. The summed E-state index contributed by atoms with van der Waals surface area (Å²) in [4.78, 5) is 0. The predicted molar refractivity (Wildman–Crippen MR) is 173 cm³/mol. The fraction of sp³-hybridized carbons (Fsp3) is 0.0270. The van der Waals surface area contributed by atoms with Crippen molar-refractivity contribution in [2.45, 2.75) is 6.92 Å². The van der Waals surface area contributed by atoms with Crippen molar-refractivity contribution in [2.24, 2.45) is 0 Å². The topological polar surface area (TPSA) is 9.86 Å². The highest BCUT2D eigenvalue weighted by Gasteiger charge is 2.17. The average molecular weight is 529 g/mol. The summed E-state index contributed by atoms with van der Waals surface area (Å²) in [5, 5.41) is 7.77. The first-order valence-electron chi connectivity index (χ1n) is 13.7. The SMILES string of the molecule is Cc1ccc2sc3ccc(-n4c5ccccc5c5cc(-n6c7ccccc7c7ccccc76)ccc54)cc3c2c1. The van der Waals surface area contributed by atoms with Gasteiger partial charge in [0.2, 0.25) is 0 Å². The average Bonchev–Trinajstić information content (AvgIpc) is 3.64. The lowest BCUT2D eigenvalue weighted by molar-refractivity contribution is 1.17. The van der Waals surface area contributed by atoms with E-state index in [-0.39, 0.29) is 0 Å². The van der Waals surface area contributed by atoms with Crippen LogP contribution in [-0.4, -0.2) is 9.13 Å². The zero-order valence-electron chi connectivity index (χ0n) is 21.9. The van der Waals surface area contributed by atoms with E-state index >= 15 is 0 Å². The lowest BCUT2D eigenvalue weighted by Crippen LogP contribution is -1.95. The second-order valence-corrected chi connectivity index (χ2v) is 11.8. The summed E-state index contributed by atoms with van der Waals surface area (Å²) < 4.78 is 7.51. The van der Waals surface area contributed by atoms with Crippen molar-refractivity contribution in [3.63, 3.8) is 0 Å². The quantitative estimate of drug-likeness (QED) is 0.211. The molecule has 0 saturated carbocycles. The van der Waals surface area contributed by atoms with Gasteiger partial charge in [0.1, 0.15) is 0 Å². The Labute approximate surface area is 234 Å². The maximum absolute atomic E-state index is 2.43. The third-order valence-electron chi connectivity index (χ3n) is 8.36. The maximum atomic E-state index is 2.43. The number of rotatable bonds is 2. The van der Waals surface area contributed by atoms with E-state index in [1.807, 2.05) is 11.3 Å². The van der Waals surface area contributed by atoms with E-state index < -0.39 is 0 Å². The molecule has 9 rings (SSSR count). The molecule has 0 saturated heterocycles. The predicted octanol–water partition coefficient (Wildman–Crippen LogP) is 10.6. The first-order chi connectivity index (χ1) is 19.7. The standard InChI is InChI=1S/C37H24N2S/c1-23-14-18-36-30(20-23)31-22-25(16-19-37(31)40-36)39-34-13-7-4-10-28(34)29-21-24(15-17-35(29)39)38-32-11-5-2-8-26(32)27-9-3-6-12-33(27)38/h2-22H,1H3. The van der Waals surface area contributed by atoms with Crippen molar-refractivity contribution >= 4 is 75.1 Å². The van der Waals surface area contributed by atoms with E-state index in [2.05, 4.69) is 143 Å². The number of hydrogen-bond acceptors (Lipinski definition) is 1. The molecule has 188 valence electrons. The monoisotopic (exact) mass is 528 g/mol. The fourth-order valence-electron chi connectivity index (χ4n) is 6.60. The molecule has 0 radical (unpaired) electrons. The van der Waals surface area contributed by atoms with E-state index in [0.717, 1.165) is 0 Å². The van der Waals surface area contributed by atoms with E-state index in [1.165, 1.54) is 80.7 Å². The molecule has 0 atom stereocenters. The summed E-state index contributed by atoms with van der Waals surface area (Å²) in [6.07, 6.45) is 0. The molecule has 2 nitrogen and oxygen atoms in total. The van der Waals surface area contributed by atoms with Gasteiger partial charge in [-0.25, -0.2) is 0 Å². The van der Waals surface area contributed by atoms with Gasteiger partial charge in [-0.2, -0.15) is 0 Å². The second kappa shape index (κ2) is 8.08. The van der Waals surface area contributed by atoms with Crippen LogP contribution in [0.3, 0.4) is 0 Å². The third kappa shape index (κ3) is 2.98. The molecule has 6 aromatic carbocycles. The highest BCUT2D eigenvalue weighted by atomic mass is 32.1. The van der Waals surface area contributed by atoms with Crippen LogP contribution >= 0.6 is 11.3 Å². The Balaban J connectivity index is 1.33. The van der Waals surface area contributed by atoms with E-state index in [4.69, 9.17) is 0 Å². The van der Waals surface area contributed by atoms with Gasteiger partial charge in [0.25, 0.3) is 0 Å². The van der Waals surface area contributed by atoms with Crippen LogP contribution in [0.4, 0.5) is 0 Å². The Morgan fingerprint density at radius 3 is 1.48 bits per heavy atom. The van der Waals surface area contributed by atoms with Gasteiger partial charge in [-0.1, -0.05) is 66.2 Å². The molecule has 0 N–H and O–H groups in total. The van der Waals surface area contributed by atoms with Crippen molar-refractivity contribution in [3.8, 4) is 11.4 Å². The van der Waals surface area contributed by atoms with Crippen LogP contribution in [0, 0.1) is 6.92 Å². The molecule has 9 aromatic rings. The molecule has 0 amide bonds.